The van der Waals surface area contributed by atoms with Gasteiger partial charge in [-0.2, -0.15) is 0 Å². The fourth-order valence-corrected chi connectivity index (χ4v) is 1.45. The van der Waals surface area contributed by atoms with Gasteiger partial charge in [-0.15, -0.1) is 12.8 Å². The molecule has 2 heteroatoms. The number of terminal acetylenes is 1. The molecule has 0 aliphatic heterocycles. The Hall–Kier alpha value is -1.88. The van der Waals surface area contributed by atoms with E-state index in [0.717, 1.165) is 28.8 Å². The molecule has 0 amide bonds. The van der Waals surface area contributed by atoms with Crippen LogP contribution in [0.1, 0.15) is 18.4 Å². The van der Waals surface area contributed by atoms with Gasteiger partial charge in [0.05, 0.1) is 5.52 Å². The van der Waals surface area contributed by atoms with Crippen LogP contribution in [0.4, 0.5) is 0 Å². The highest BCUT2D eigenvalue weighted by atomic mass is 14.9. The summed E-state index contributed by atoms with van der Waals surface area (Å²) in [5.74, 6) is 0.927. The Morgan fingerprint density at radius 3 is 2.47 bits per heavy atom. The van der Waals surface area contributed by atoms with E-state index < -0.39 is 0 Å². The number of nitrogens with zero attached hydrogens (tertiary/aromatic N) is 2. The average Bonchev–Trinajstić information content (AvgIpc) is 2.31. The zero-order valence-electron chi connectivity index (χ0n) is 9.07. The molecule has 15 heavy (non-hydrogen) atoms. The molecule has 76 valence electrons. The van der Waals surface area contributed by atoms with Crippen LogP contribution in [0, 0.1) is 19.8 Å². The standard InChI is InChI=1S/C11H12N2.C2H2/c1-3-11-12-8(2)9-6-4-5-7-10(9)13-11;1-2/h4-7H,3H2,1-2H3;1-2H. The molecule has 1 aromatic heterocycles. The quantitative estimate of drug-likeness (QED) is 0.658. The number of para-hydroxylation sites is 1. The van der Waals surface area contributed by atoms with E-state index in [1.165, 1.54) is 0 Å². The first-order valence-corrected chi connectivity index (χ1v) is 4.87. The summed E-state index contributed by atoms with van der Waals surface area (Å²) >= 11 is 0. The molecule has 0 N–H and O–H groups in total. The van der Waals surface area contributed by atoms with Gasteiger partial charge in [-0.05, 0) is 13.0 Å². The van der Waals surface area contributed by atoms with Crippen molar-refractivity contribution in [2.75, 3.05) is 0 Å². The van der Waals surface area contributed by atoms with Crippen molar-refractivity contribution in [2.45, 2.75) is 20.3 Å². The maximum atomic E-state index is 4.44. The predicted octanol–water partition coefficient (Wildman–Crippen LogP) is 2.75. The zero-order valence-corrected chi connectivity index (χ0v) is 9.07. The lowest BCUT2D eigenvalue weighted by Gasteiger charge is -2.02. The van der Waals surface area contributed by atoms with Crippen LogP contribution < -0.4 is 0 Å². The first kappa shape index (κ1) is 11.2. The maximum Gasteiger partial charge on any atom is 0.129 e. The Morgan fingerprint density at radius 1 is 1.13 bits per heavy atom. The Labute approximate surface area is 90.4 Å². The Balaban J connectivity index is 0.000000531. The van der Waals surface area contributed by atoms with Crippen LogP contribution in [-0.4, -0.2) is 9.97 Å². The smallest absolute Gasteiger partial charge is 0.129 e. The van der Waals surface area contributed by atoms with Crippen molar-refractivity contribution in [1.82, 2.24) is 9.97 Å². The van der Waals surface area contributed by atoms with E-state index in [1.807, 2.05) is 25.1 Å². The number of rotatable bonds is 1. The minimum absolute atomic E-state index is 0.895. The zero-order chi connectivity index (χ0) is 11.3. The lowest BCUT2D eigenvalue weighted by molar-refractivity contribution is 0.941. The molecule has 0 unspecified atom stereocenters. The molecule has 0 fully saturated rings. The van der Waals surface area contributed by atoms with Crippen LogP contribution in [0.25, 0.3) is 10.9 Å². The third kappa shape index (κ3) is 2.32. The minimum Gasteiger partial charge on any atom is -0.238 e. The van der Waals surface area contributed by atoms with E-state index >= 15 is 0 Å². The van der Waals surface area contributed by atoms with Gasteiger partial charge >= 0.3 is 0 Å². The monoisotopic (exact) mass is 198 g/mol. The summed E-state index contributed by atoms with van der Waals surface area (Å²) in [7, 11) is 0. The van der Waals surface area contributed by atoms with Crippen LogP contribution in [-0.2, 0) is 6.42 Å². The molecule has 2 nitrogen and oxygen atoms in total. The molecular formula is C13H14N2. The molecule has 2 aromatic rings. The van der Waals surface area contributed by atoms with Crippen molar-refractivity contribution in [3.8, 4) is 12.8 Å². The number of hydrogen-bond acceptors (Lipinski definition) is 2. The van der Waals surface area contributed by atoms with Gasteiger partial charge in [0.2, 0.25) is 0 Å². The summed E-state index contributed by atoms with van der Waals surface area (Å²) < 4.78 is 0. The molecule has 0 saturated carbocycles. The summed E-state index contributed by atoms with van der Waals surface area (Å²) in [6.07, 6.45) is 8.89. The van der Waals surface area contributed by atoms with Crippen LogP contribution in [0.15, 0.2) is 24.3 Å². The van der Waals surface area contributed by atoms with Crippen LogP contribution in [0.5, 0.6) is 0 Å². The maximum absolute atomic E-state index is 4.44. The predicted molar refractivity (Wildman–Crippen MR) is 63.5 cm³/mol. The van der Waals surface area contributed by atoms with E-state index in [2.05, 4.69) is 35.8 Å². The molecule has 0 aliphatic rings. The van der Waals surface area contributed by atoms with Gasteiger partial charge in [-0.25, -0.2) is 9.97 Å². The molecule has 0 radical (unpaired) electrons. The van der Waals surface area contributed by atoms with E-state index in [9.17, 15) is 0 Å². The van der Waals surface area contributed by atoms with Crippen LogP contribution in [0.3, 0.4) is 0 Å². The highest BCUT2D eigenvalue weighted by molar-refractivity contribution is 5.80. The van der Waals surface area contributed by atoms with Crippen molar-refractivity contribution in [3.05, 3.63) is 35.8 Å². The number of hydrogen-bond donors (Lipinski definition) is 0. The van der Waals surface area contributed by atoms with Crippen molar-refractivity contribution in [3.63, 3.8) is 0 Å². The lowest BCUT2D eigenvalue weighted by atomic mass is 10.2. The Bertz CT molecular complexity index is 472. The topological polar surface area (TPSA) is 25.8 Å². The summed E-state index contributed by atoms with van der Waals surface area (Å²) in [5.41, 5.74) is 2.12. The molecule has 2 rings (SSSR count). The van der Waals surface area contributed by atoms with Gasteiger partial charge in [0.25, 0.3) is 0 Å². The normalized spacial score (nSPS) is 9.33. The number of aromatic nitrogens is 2. The lowest BCUT2D eigenvalue weighted by Crippen LogP contribution is -1.96. The molecule has 1 aromatic carbocycles. The second-order valence-electron chi connectivity index (χ2n) is 3.10. The molecular weight excluding hydrogens is 184 g/mol. The van der Waals surface area contributed by atoms with Gasteiger partial charge in [-0.3, -0.25) is 0 Å². The van der Waals surface area contributed by atoms with Crippen LogP contribution >= 0.6 is 0 Å². The summed E-state index contributed by atoms with van der Waals surface area (Å²) in [5, 5.41) is 1.15. The van der Waals surface area contributed by atoms with Gasteiger partial charge in [0.15, 0.2) is 0 Å². The van der Waals surface area contributed by atoms with E-state index in [4.69, 9.17) is 0 Å². The van der Waals surface area contributed by atoms with E-state index in [-0.39, 0.29) is 0 Å². The third-order valence-electron chi connectivity index (χ3n) is 2.16. The molecule has 1 heterocycles. The van der Waals surface area contributed by atoms with Gasteiger partial charge in [0, 0.05) is 17.5 Å². The van der Waals surface area contributed by atoms with Gasteiger partial charge in [-0.1, -0.05) is 25.1 Å². The van der Waals surface area contributed by atoms with Crippen molar-refractivity contribution in [2.24, 2.45) is 0 Å². The molecule has 0 saturated heterocycles. The highest BCUT2D eigenvalue weighted by Crippen LogP contribution is 2.14. The summed E-state index contributed by atoms with van der Waals surface area (Å²) in [6, 6.07) is 8.12. The SMILES string of the molecule is C#C.CCc1nc(C)c2ccccc2n1. The fourth-order valence-electron chi connectivity index (χ4n) is 1.45. The van der Waals surface area contributed by atoms with Crippen molar-refractivity contribution >= 4 is 10.9 Å². The molecule has 0 aliphatic carbocycles. The number of benzene rings is 1. The van der Waals surface area contributed by atoms with Gasteiger partial charge < -0.3 is 0 Å². The fraction of sp³-hybridized carbons (Fsp3) is 0.231. The summed E-state index contributed by atoms with van der Waals surface area (Å²) in [6.45, 7) is 4.10. The third-order valence-corrected chi connectivity index (χ3v) is 2.16. The van der Waals surface area contributed by atoms with E-state index in [0.29, 0.717) is 0 Å². The second kappa shape index (κ2) is 5.11. The van der Waals surface area contributed by atoms with Gasteiger partial charge in [0.1, 0.15) is 5.82 Å². The van der Waals surface area contributed by atoms with E-state index in [1.54, 1.807) is 0 Å². The second-order valence-corrected chi connectivity index (χ2v) is 3.10. The average molecular weight is 198 g/mol. The van der Waals surface area contributed by atoms with Crippen molar-refractivity contribution in [1.29, 1.82) is 0 Å². The minimum atomic E-state index is 0.895. The molecule has 0 bridgehead atoms. The molecule has 0 atom stereocenters. The summed E-state index contributed by atoms with van der Waals surface area (Å²) in [4.78, 5) is 8.85. The Kier molecular flexibility index (Phi) is 3.82. The Morgan fingerprint density at radius 2 is 1.80 bits per heavy atom. The first-order valence-electron chi connectivity index (χ1n) is 4.87. The first-order chi connectivity index (χ1) is 7.31. The number of aryl methyl sites for hydroxylation is 2. The van der Waals surface area contributed by atoms with Crippen LogP contribution in [0.2, 0.25) is 0 Å². The largest absolute Gasteiger partial charge is 0.238 e. The van der Waals surface area contributed by atoms with Crippen molar-refractivity contribution < 1.29 is 0 Å². The molecule has 0 spiro atoms. The number of fused-ring (bicyclic) bond motifs is 1. The highest BCUT2D eigenvalue weighted by Gasteiger charge is 2.00.